The number of methoxy groups -OCH3 is 1. The fourth-order valence-corrected chi connectivity index (χ4v) is 1.89. The first-order valence-electron chi connectivity index (χ1n) is 5.75. The molecule has 0 bridgehead atoms. The Balaban J connectivity index is 5.64. The van der Waals surface area contributed by atoms with Crippen LogP contribution in [0.4, 0.5) is 0 Å². The SMILES string of the molecule is C=C(C)C(C=C(C)C)C(O)(CC(C)=O)C(=O)OC. The molecule has 4 heteroatoms. The van der Waals surface area contributed by atoms with E-state index < -0.39 is 17.5 Å². The first-order chi connectivity index (χ1) is 8.15. The van der Waals surface area contributed by atoms with E-state index in [0.29, 0.717) is 5.57 Å². The zero-order chi connectivity index (χ0) is 14.5. The summed E-state index contributed by atoms with van der Waals surface area (Å²) in [6, 6.07) is 0. The van der Waals surface area contributed by atoms with Crippen LogP contribution in [0.2, 0.25) is 0 Å². The molecule has 0 spiro atoms. The Morgan fingerprint density at radius 1 is 1.33 bits per heavy atom. The maximum atomic E-state index is 11.8. The molecule has 0 aromatic carbocycles. The minimum absolute atomic E-state index is 0.281. The van der Waals surface area contributed by atoms with Crippen molar-refractivity contribution >= 4 is 11.8 Å². The van der Waals surface area contributed by atoms with Crippen molar-refractivity contribution < 1.29 is 19.4 Å². The normalized spacial score (nSPS) is 15.2. The van der Waals surface area contributed by atoms with Crippen LogP contribution in [0.1, 0.15) is 34.1 Å². The molecule has 1 N–H and O–H groups in total. The summed E-state index contributed by atoms with van der Waals surface area (Å²) in [7, 11) is 1.19. The van der Waals surface area contributed by atoms with E-state index in [0.717, 1.165) is 5.57 Å². The van der Waals surface area contributed by atoms with Crippen molar-refractivity contribution in [2.45, 2.75) is 39.7 Å². The van der Waals surface area contributed by atoms with Gasteiger partial charge in [0, 0.05) is 12.3 Å². The molecule has 0 aliphatic carbocycles. The highest BCUT2D eigenvalue weighted by molar-refractivity contribution is 5.88. The van der Waals surface area contributed by atoms with E-state index in [4.69, 9.17) is 0 Å². The van der Waals surface area contributed by atoms with Gasteiger partial charge >= 0.3 is 5.97 Å². The fraction of sp³-hybridized carbons (Fsp3) is 0.571. The number of carbonyl (C=O) groups is 2. The number of hydrogen-bond donors (Lipinski definition) is 1. The molecule has 0 saturated heterocycles. The van der Waals surface area contributed by atoms with Crippen LogP contribution in [0.15, 0.2) is 23.8 Å². The maximum Gasteiger partial charge on any atom is 0.339 e. The standard InChI is InChI=1S/C14H22O4/c1-9(2)7-12(10(3)4)14(17,8-11(5)15)13(16)18-6/h7,12,17H,3,8H2,1-2,4-6H3. The molecule has 0 aliphatic heterocycles. The molecule has 0 fully saturated rings. The van der Waals surface area contributed by atoms with E-state index >= 15 is 0 Å². The van der Waals surface area contributed by atoms with Gasteiger partial charge in [-0.05, 0) is 27.7 Å². The summed E-state index contributed by atoms with van der Waals surface area (Å²) >= 11 is 0. The number of hydrogen-bond acceptors (Lipinski definition) is 4. The molecule has 0 saturated carbocycles. The third kappa shape index (κ3) is 4.11. The molecule has 0 aromatic heterocycles. The minimum Gasteiger partial charge on any atom is -0.467 e. The topological polar surface area (TPSA) is 63.6 Å². The van der Waals surface area contributed by atoms with E-state index in [-0.39, 0.29) is 12.2 Å². The van der Waals surface area contributed by atoms with Crippen LogP contribution in [0.25, 0.3) is 0 Å². The molecule has 0 aliphatic rings. The average Bonchev–Trinajstić information content (AvgIpc) is 2.22. The third-order valence-electron chi connectivity index (χ3n) is 2.60. The van der Waals surface area contributed by atoms with Gasteiger partial charge in [-0.15, -0.1) is 0 Å². The molecule has 2 unspecified atom stereocenters. The van der Waals surface area contributed by atoms with Crippen molar-refractivity contribution in [3.8, 4) is 0 Å². The lowest BCUT2D eigenvalue weighted by molar-refractivity contribution is -0.167. The van der Waals surface area contributed by atoms with E-state index in [1.165, 1.54) is 14.0 Å². The maximum absolute atomic E-state index is 11.8. The summed E-state index contributed by atoms with van der Waals surface area (Å²) in [6.07, 6.45) is 1.43. The highest BCUT2D eigenvalue weighted by Crippen LogP contribution is 2.31. The van der Waals surface area contributed by atoms with E-state index in [2.05, 4.69) is 11.3 Å². The van der Waals surface area contributed by atoms with Gasteiger partial charge in [0.1, 0.15) is 5.78 Å². The zero-order valence-corrected chi connectivity index (χ0v) is 11.7. The second kappa shape index (κ2) is 6.50. The first kappa shape index (κ1) is 16.6. The number of esters is 1. The molecular formula is C14H22O4. The second-order valence-corrected chi connectivity index (χ2v) is 4.86. The van der Waals surface area contributed by atoms with Crippen LogP contribution in [0.3, 0.4) is 0 Å². The number of Topliss-reactive ketones (excluding diaryl/α,β-unsaturated/α-hetero) is 1. The first-order valence-corrected chi connectivity index (χ1v) is 5.75. The van der Waals surface area contributed by atoms with Gasteiger partial charge in [0.2, 0.25) is 0 Å². The number of aliphatic hydroxyl groups is 1. The van der Waals surface area contributed by atoms with Crippen LogP contribution in [0, 0.1) is 5.92 Å². The van der Waals surface area contributed by atoms with Gasteiger partial charge < -0.3 is 9.84 Å². The molecule has 0 aromatic rings. The lowest BCUT2D eigenvalue weighted by atomic mass is 9.78. The van der Waals surface area contributed by atoms with Gasteiger partial charge in [-0.2, -0.15) is 0 Å². The molecule has 102 valence electrons. The number of carbonyl (C=O) groups excluding carboxylic acids is 2. The van der Waals surface area contributed by atoms with E-state index in [9.17, 15) is 14.7 Å². The van der Waals surface area contributed by atoms with Crippen molar-refractivity contribution in [1.29, 1.82) is 0 Å². The van der Waals surface area contributed by atoms with Crippen LogP contribution >= 0.6 is 0 Å². The Kier molecular flexibility index (Phi) is 5.98. The Bertz CT molecular complexity index is 377. The lowest BCUT2D eigenvalue weighted by Crippen LogP contribution is -2.48. The molecule has 0 heterocycles. The lowest BCUT2D eigenvalue weighted by Gasteiger charge is -2.32. The van der Waals surface area contributed by atoms with Crippen LogP contribution in [0.5, 0.6) is 0 Å². The van der Waals surface area contributed by atoms with E-state index in [1.807, 2.05) is 13.8 Å². The average molecular weight is 254 g/mol. The Hall–Kier alpha value is -1.42. The number of ketones is 1. The van der Waals surface area contributed by atoms with Crippen LogP contribution in [-0.2, 0) is 14.3 Å². The predicted octanol–water partition coefficient (Wildman–Crippen LogP) is 2.03. The van der Waals surface area contributed by atoms with Gasteiger partial charge in [0.15, 0.2) is 5.60 Å². The Labute approximate surface area is 108 Å². The highest BCUT2D eigenvalue weighted by Gasteiger charge is 2.45. The fourth-order valence-electron chi connectivity index (χ4n) is 1.89. The van der Waals surface area contributed by atoms with Gasteiger partial charge in [0.05, 0.1) is 7.11 Å². The molecule has 0 rings (SSSR count). The zero-order valence-electron chi connectivity index (χ0n) is 11.7. The summed E-state index contributed by atoms with van der Waals surface area (Å²) in [5, 5.41) is 10.5. The van der Waals surface area contributed by atoms with Crippen molar-refractivity contribution in [1.82, 2.24) is 0 Å². The molecule has 18 heavy (non-hydrogen) atoms. The van der Waals surface area contributed by atoms with Crippen molar-refractivity contribution in [3.05, 3.63) is 23.8 Å². The predicted molar refractivity (Wildman–Crippen MR) is 70.0 cm³/mol. The molecule has 0 radical (unpaired) electrons. The summed E-state index contributed by atoms with van der Waals surface area (Å²) in [4.78, 5) is 23.1. The number of allylic oxidation sites excluding steroid dienone is 1. The molecule has 4 nitrogen and oxygen atoms in total. The largest absolute Gasteiger partial charge is 0.467 e. The van der Waals surface area contributed by atoms with E-state index in [1.54, 1.807) is 13.0 Å². The smallest absolute Gasteiger partial charge is 0.339 e. The van der Waals surface area contributed by atoms with Gasteiger partial charge in [-0.3, -0.25) is 4.79 Å². The number of ether oxygens (including phenoxy) is 1. The summed E-state index contributed by atoms with van der Waals surface area (Å²) in [6.45, 7) is 10.5. The van der Waals surface area contributed by atoms with Crippen molar-refractivity contribution in [3.63, 3.8) is 0 Å². The van der Waals surface area contributed by atoms with Gasteiger partial charge in [0.25, 0.3) is 0 Å². The quantitative estimate of drug-likeness (QED) is 0.582. The third-order valence-corrected chi connectivity index (χ3v) is 2.60. The summed E-state index contributed by atoms with van der Waals surface area (Å²) in [5.74, 6) is -1.74. The minimum atomic E-state index is -1.89. The molecule has 0 amide bonds. The van der Waals surface area contributed by atoms with Gasteiger partial charge in [-0.1, -0.05) is 23.8 Å². The Morgan fingerprint density at radius 3 is 2.11 bits per heavy atom. The number of rotatable bonds is 6. The van der Waals surface area contributed by atoms with Crippen molar-refractivity contribution in [2.24, 2.45) is 5.92 Å². The van der Waals surface area contributed by atoms with Crippen LogP contribution in [-0.4, -0.2) is 29.6 Å². The summed E-state index contributed by atoms with van der Waals surface area (Å²) < 4.78 is 4.62. The van der Waals surface area contributed by atoms with Crippen molar-refractivity contribution in [2.75, 3.05) is 7.11 Å². The second-order valence-electron chi connectivity index (χ2n) is 4.86. The highest BCUT2D eigenvalue weighted by atomic mass is 16.5. The van der Waals surface area contributed by atoms with Crippen LogP contribution < -0.4 is 0 Å². The summed E-state index contributed by atoms with van der Waals surface area (Å²) in [5.41, 5.74) is -0.358. The monoisotopic (exact) mass is 254 g/mol. The molecule has 2 atom stereocenters. The Morgan fingerprint density at radius 2 is 1.83 bits per heavy atom. The molecular weight excluding hydrogens is 232 g/mol. The van der Waals surface area contributed by atoms with Gasteiger partial charge in [-0.25, -0.2) is 4.79 Å².